The molecular formula is C10H11ClN2O3. The molecule has 0 saturated heterocycles. The van der Waals surface area contributed by atoms with Crippen LogP contribution in [0.25, 0.3) is 0 Å². The van der Waals surface area contributed by atoms with Crippen LogP contribution in [0.3, 0.4) is 0 Å². The molecule has 0 saturated carbocycles. The average molecular weight is 243 g/mol. The van der Waals surface area contributed by atoms with Gasteiger partial charge in [0.15, 0.2) is 0 Å². The molecular weight excluding hydrogens is 232 g/mol. The number of phenols is 1. The van der Waals surface area contributed by atoms with Crippen molar-refractivity contribution in [3.8, 4) is 5.75 Å². The van der Waals surface area contributed by atoms with Gasteiger partial charge in [0.25, 0.3) is 0 Å². The quantitative estimate of drug-likeness (QED) is 0.743. The maximum absolute atomic E-state index is 11.3. The Morgan fingerprint density at radius 3 is 2.69 bits per heavy atom. The van der Waals surface area contributed by atoms with Gasteiger partial charge in [0.1, 0.15) is 5.75 Å². The highest BCUT2D eigenvalue weighted by Gasteiger charge is 2.05. The van der Waals surface area contributed by atoms with E-state index >= 15 is 0 Å². The molecule has 0 aliphatic rings. The molecule has 0 radical (unpaired) electrons. The first-order chi connectivity index (χ1) is 7.49. The number of aromatic hydroxyl groups is 1. The molecule has 0 heterocycles. The van der Waals surface area contributed by atoms with E-state index in [-0.39, 0.29) is 29.1 Å². The Morgan fingerprint density at radius 1 is 1.44 bits per heavy atom. The minimum atomic E-state index is -0.378. The third-order valence-electron chi connectivity index (χ3n) is 1.73. The summed E-state index contributed by atoms with van der Waals surface area (Å²) in [5.74, 6) is -0.773. The van der Waals surface area contributed by atoms with Crippen molar-refractivity contribution in [3.05, 3.63) is 23.2 Å². The van der Waals surface area contributed by atoms with E-state index in [9.17, 15) is 14.7 Å². The summed E-state index contributed by atoms with van der Waals surface area (Å²) in [5, 5.41) is 14.3. The van der Waals surface area contributed by atoms with Crippen molar-refractivity contribution >= 4 is 29.1 Å². The number of anilines is 1. The summed E-state index contributed by atoms with van der Waals surface area (Å²) in [4.78, 5) is 21.8. The van der Waals surface area contributed by atoms with E-state index in [1.165, 1.54) is 19.1 Å². The molecule has 5 nitrogen and oxygen atoms in total. The zero-order chi connectivity index (χ0) is 12.1. The molecule has 0 aliphatic carbocycles. The number of hydrogen-bond donors (Lipinski definition) is 3. The van der Waals surface area contributed by atoms with Crippen LogP contribution in [0.2, 0.25) is 5.02 Å². The van der Waals surface area contributed by atoms with Crippen LogP contribution < -0.4 is 10.6 Å². The summed E-state index contributed by atoms with van der Waals surface area (Å²) in [7, 11) is 0. The van der Waals surface area contributed by atoms with Crippen LogP contribution in [-0.2, 0) is 9.59 Å². The molecule has 3 N–H and O–H groups in total. The number of benzene rings is 1. The molecule has 0 atom stereocenters. The molecule has 2 amide bonds. The lowest BCUT2D eigenvalue weighted by Gasteiger charge is -2.06. The number of rotatable bonds is 3. The fourth-order valence-electron chi connectivity index (χ4n) is 1.00. The van der Waals surface area contributed by atoms with Crippen molar-refractivity contribution < 1.29 is 14.7 Å². The van der Waals surface area contributed by atoms with Crippen molar-refractivity contribution in [3.63, 3.8) is 0 Å². The molecule has 0 fully saturated rings. The standard InChI is InChI=1S/C10H11ClN2O3/c1-6(14)12-5-10(16)13-7-2-3-8(11)9(15)4-7/h2-4,15H,5H2,1H3,(H,12,14)(H,13,16). The van der Waals surface area contributed by atoms with Gasteiger partial charge in [0, 0.05) is 18.7 Å². The Kier molecular flexibility index (Phi) is 4.13. The first-order valence-corrected chi connectivity index (χ1v) is 4.89. The van der Waals surface area contributed by atoms with Crippen molar-refractivity contribution in [2.24, 2.45) is 0 Å². The smallest absolute Gasteiger partial charge is 0.243 e. The highest BCUT2D eigenvalue weighted by molar-refractivity contribution is 6.32. The van der Waals surface area contributed by atoms with Crippen LogP contribution in [0, 0.1) is 0 Å². The van der Waals surface area contributed by atoms with Gasteiger partial charge in [-0.05, 0) is 12.1 Å². The summed E-state index contributed by atoms with van der Waals surface area (Å²) in [6, 6.07) is 4.34. The topological polar surface area (TPSA) is 78.4 Å². The van der Waals surface area contributed by atoms with Crippen molar-refractivity contribution in [2.75, 3.05) is 11.9 Å². The number of hydrogen-bond acceptors (Lipinski definition) is 3. The van der Waals surface area contributed by atoms with E-state index in [2.05, 4.69) is 10.6 Å². The third kappa shape index (κ3) is 3.78. The van der Waals surface area contributed by atoms with E-state index in [1.807, 2.05) is 0 Å². The van der Waals surface area contributed by atoms with Crippen LogP contribution in [0.15, 0.2) is 18.2 Å². The van der Waals surface area contributed by atoms with Crippen LogP contribution in [0.5, 0.6) is 5.75 Å². The van der Waals surface area contributed by atoms with Crippen LogP contribution >= 0.6 is 11.6 Å². The van der Waals surface area contributed by atoms with Crippen LogP contribution in [0.1, 0.15) is 6.92 Å². The molecule has 16 heavy (non-hydrogen) atoms. The highest BCUT2D eigenvalue weighted by Crippen LogP contribution is 2.25. The van der Waals surface area contributed by atoms with Crippen molar-refractivity contribution in [1.82, 2.24) is 5.32 Å². The van der Waals surface area contributed by atoms with Crippen molar-refractivity contribution in [1.29, 1.82) is 0 Å². The number of amides is 2. The number of carbonyl (C=O) groups excluding carboxylic acids is 2. The zero-order valence-electron chi connectivity index (χ0n) is 8.58. The highest BCUT2D eigenvalue weighted by atomic mass is 35.5. The summed E-state index contributed by atoms with van der Waals surface area (Å²) < 4.78 is 0. The molecule has 0 unspecified atom stereocenters. The molecule has 6 heteroatoms. The van der Waals surface area contributed by atoms with Crippen molar-refractivity contribution in [2.45, 2.75) is 6.92 Å². The van der Waals surface area contributed by atoms with E-state index in [4.69, 9.17) is 11.6 Å². The van der Waals surface area contributed by atoms with Gasteiger partial charge in [-0.1, -0.05) is 11.6 Å². The minimum Gasteiger partial charge on any atom is -0.506 e. The second-order valence-electron chi connectivity index (χ2n) is 3.12. The summed E-state index contributed by atoms with van der Waals surface area (Å²) >= 11 is 5.60. The van der Waals surface area contributed by atoms with E-state index in [0.717, 1.165) is 0 Å². The van der Waals surface area contributed by atoms with Gasteiger partial charge in [-0.3, -0.25) is 9.59 Å². The molecule has 1 aromatic carbocycles. The Balaban J connectivity index is 2.56. The minimum absolute atomic E-state index is 0.112. The monoisotopic (exact) mass is 242 g/mol. The molecule has 0 spiro atoms. The summed E-state index contributed by atoms with van der Waals surface area (Å²) in [5.41, 5.74) is 0.414. The van der Waals surface area contributed by atoms with Gasteiger partial charge in [-0.2, -0.15) is 0 Å². The molecule has 1 aromatic rings. The number of nitrogens with one attached hydrogen (secondary N) is 2. The summed E-state index contributed by atoms with van der Waals surface area (Å²) in [6.07, 6.45) is 0. The Bertz CT molecular complexity index is 421. The Labute approximate surface area is 97.4 Å². The predicted molar refractivity (Wildman–Crippen MR) is 60.4 cm³/mol. The first-order valence-electron chi connectivity index (χ1n) is 4.52. The second-order valence-corrected chi connectivity index (χ2v) is 3.53. The maximum Gasteiger partial charge on any atom is 0.243 e. The Morgan fingerprint density at radius 2 is 2.12 bits per heavy atom. The molecule has 0 aromatic heterocycles. The van der Waals surface area contributed by atoms with E-state index in [1.54, 1.807) is 6.07 Å². The normalized spacial score (nSPS) is 9.62. The van der Waals surface area contributed by atoms with Crippen LogP contribution in [-0.4, -0.2) is 23.5 Å². The predicted octanol–water partition coefficient (Wildman–Crippen LogP) is 1.12. The summed E-state index contributed by atoms with van der Waals surface area (Å²) in [6.45, 7) is 1.21. The van der Waals surface area contributed by atoms with Gasteiger partial charge < -0.3 is 15.7 Å². The number of carbonyl (C=O) groups is 2. The largest absolute Gasteiger partial charge is 0.506 e. The molecule has 0 aliphatic heterocycles. The molecule has 0 bridgehead atoms. The zero-order valence-corrected chi connectivity index (χ0v) is 9.34. The molecule has 1 rings (SSSR count). The van der Waals surface area contributed by atoms with E-state index in [0.29, 0.717) is 5.69 Å². The third-order valence-corrected chi connectivity index (χ3v) is 2.05. The lowest BCUT2D eigenvalue weighted by molar-refractivity contribution is -0.122. The lowest BCUT2D eigenvalue weighted by atomic mass is 10.3. The molecule has 86 valence electrons. The van der Waals surface area contributed by atoms with Gasteiger partial charge in [0.2, 0.25) is 11.8 Å². The second kappa shape index (κ2) is 5.37. The van der Waals surface area contributed by atoms with Crippen LogP contribution in [0.4, 0.5) is 5.69 Å². The number of halogens is 1. The van der Waals surface area contributed by atoms with Gasteiger partial charge in [-0.15, -0.1) is 0 Å². The first kappa shape index (κ1) is 12.3. The SMILES string of the molecule is CC(=O)NCC(=O)Nc1ccc(Cl)c(O)c1. The number of phenolic OH excluding ortho intramolecular Hbond substituents is 1. The fourth-order valence-corrected chi connectivity index (χ4v) is 1.12. The van der Waals surface area contributed by atoms with E-state index < -0.39 is 0 Å². The average Bonchev–Trinajstić information content (AvgIpc) is 2.21. The Hall–Kier alpha value is -1.75. The van der Waals surface area contributed by atoms with Gasteiger partial charge in [0.05, 0.1) is 11.6 Å². The maximum atomic E-state index is 11.3. The lowest BCUT2D eigenvalue weighted by Crippen LogP contribution is -2.31. The van der Waals surface area contributed by atoms with Gasteiger partial charge >= 0.3 is 0 Å². The van der Waals surface area contributed by atoms with Gasteiger partial charge in [-0.25, -0.2) is 0 Å². The fraction of sp³-hybridized carbons (Fsp3) is 0.200.